The maximum absolute atomic E-state index is 12.0. The SMILES string of the molecule is Cn1cccc1C(=O)NC(=O)COC(=O)c1csc(-c2cccs2)n1. The largest absolute Gasteiger partial charge is 0.451 e. The molecule has 0 aromatic carbocycles. The molecule has 0 aliphatic rings. The molecule has 7 nitrogen and oxygen atoms in total. The molecule has 0 saturated carbocycles. The second-order valence-corrected chi connectivity index (χ2v) is 6.78. The highest BCUT2D eigenvalue weighted by molar-refractivity contribution is 7.20. The zero-order valence-electron chi connectivity index (χ0n) is 13.1. The molecule has 3 heterocycles. The van der Waals surface area contributed by atoms with Gasteiger partial charge in [0.15, 0.2) is 12.3 Å². The predicted molar refractivity (Wildman–Crippen MR) is 93.6 cm³/mol. The van der Waals surface area contributed by atoms with E-state index in [-0.39, 0.29) is 5.69 Å². The summed E-state index contributed by atoms with van der Waals surface area (Å²) in [5.74, 6) is -1.96. The van der Waals surface area contributed by atoms with Crippen LogP contribution in [0.5, 0.6) is 0 Å². The molecule has 0 aliphatic heterocycles. The standard InChI is InChI=1S/C16H13N3O4S2/c1-19-6-2-4-11(19)14(21)18-13(20)8-23-16(22)10-9-25-15(17-10)12-5-3-7-24-12/h2-7,9H,8H2,1H3,(H,18,20,21). The van der Waals surface area contributed by atoms with Crippen LogP contribution in [-0.2, 0) is 16.6 Å². The molecule has 9 heteroatoms. The average molecular weight is 375 g/mol. The summed E-state index contributed by atoms with van der Waals surface area (Å²) in [6.45, 7) is -0.555. The van der Waals surface area contributed by atoms with E-state index in [0.717, 1.165) is 4.88 Å². The van der Waals surface area contributed by atoms with Crippen molar-refractivity contribution < 1.29 is 19.1 Å². The fourth-order valence-electron chi connectivity index (χ4n) is 2.01. The monoisotopic (exact) mass is 375 g/mol. The van der Waals surface area contributed by atoms with Crippen molar-refractivity contribution in [3.8, 4) is 9.88 Å². The lowest BCUT2D eigenvalue weighted by molar-refractivity contribution is -0.123. The summed E-state index contributed by atoms with van der Waals surface area (Å²) in [4.78, 5) is 40.7. The van der Waals surface area contributed by atoms with E-state index in [1.165, 1.54) is 22.7 Å². The Balaban J connectivity index is 1.53. The molecule has 1 N–H and O–H groups in total. The number of ether oxygens (including phenoxy) is 1. The van der Waals surface area contributed by atoms with Gasteiger partial charge in [-0.3, -0.25) is 14.9 Å². The van der Waals surface area contributed by atoms with Gasteiger partial charge in [-0.1, -0.05) is 6.07 Å². The van der Waals surface area contributed by atoms with E-state index in [9.17, 15) is 14.4 Å². The van der Waals surface area contributed by atoms with E-state index in [0.29, 0.717) is 10.7 Å². The second kappa shape index (κ2) is 7.41. The lowest BCUT2D eigenvalue weighted by Gasteiger charge is -2.05. The Hall–Kier alpha value is -2.78. The second-order valence-electron chi connectivity index (χ2n) is 4.97. The highest BCUT2D eigenvalue weighted by Gasteiger charge is 2.17. The smallest absolute Gasteiger partial charge is 0.358 e. The zero-order valence-corrected chi connectivity index (χ0v) is 14.7. The molecule has 0 unspecified atom stereocenters. The maximum atomic E-state index is 12.0. The topological polar surface area (TPSA) is 90.3 Å². The molecule has 25 heavy (non-hydrogen) atoms. The van der Waals surface area contributed by atoms with E-state index >= 15 is 0 Å². The summed E-state index contributed by atoms with van der Waals surface area (Å²) in [6.07, 6.45) is 1.69. The number of thiophene rings is 1. The molecule has 0 spiro atoms. The molecule has 128 valence electrons. The third kappa shape index (κ3) is 4.01. The lowest BCUT2D eigenvalue weighted by Crippen LogP contribution is -2.35. The third-order valence-electron chi connectivity index (χ3n) is 3.21. The Morgan fingerprint density at radius 3 is 2.76 bits per heavy atom. The number of hydrogen-bond donors (Lipinski definition) is 1. The number of carbonyl (C=O) groups excluding carboxylic acids is 3. The Morgan fingerprint density at radius 1 is 1.24 bits per heavy atom. The van der Waals surface area contributed by atoms with Crippen molar-refractivity contribution in [2.24, 2.45) is 7.05 Å². The summed E-state index contributed by atoms with van der Waals surface area (Å²) in [6, 6.07) is 7.07. The first kappa shape index (κ1) is 17.1. The Labute approximate surface area is 150 Å². The predicted octanol–water partition coefficient (Wildman–Crippen LogP) is 2.32. The Bertz CT molecular complexity index is 912. The summed E-state index contributed by atoms with van der Waals surface area (Å²) >= 11 is 2.84. The molecule has 3 rings (SSSR count). The minimum atomic E-state index is -0.708. The van der Waals surface area contributed by atoms with Crippen molar-refractivity contribution in [2.75, 3.05) is 6.61 Å². The van der Waals surface area contributed by atoms with Crippen LogP contribution in [0.1, 0.15) is 21.0 Å². The van der Waals surface area contributed by atoms with Gasteiger partial charge < -0.3 is 9.30 Å². The molecule has 2 amide bonds. The molecule has 0 saturated heterocycles. The molecular formula is C16H13N3O4S2. The average Bonchev–Trinajstić information content (AvgIpc) is 3.32. The normalized spacial score (nSPS) is 10.4. The number of nitrogens with one attached hydrogen (secondary N) is 1. The van der Waals surface area contributed by atoms with Gasteiger partial charge in [-0.25, -0.2) is 9.78 Å². The van der Waals surface area contributed by atoms with Crippen LogP contribution in [0.4, 0.5) is 0 Å². The van der Waals surface area contributed by atoms with Gasteiger partial charge in [0.2, 0.25) is 0 Å². The van der Waals surface area contributed by atoms with Crippen LogP contribution in [0.25, 0.3) is 9.88 Å². The number of aromatic nitrogens is 2. The van der Waals surface area contributed by atoms with Crippen LogP contribution >= 0.6 is 22.7 Å². The van der Waals surface area contributed by atoms with E-state index in [1.807, 2.05) is 17.5 Å². The van der Waals surface area contributed by atoms with Gasteiger partial charge in [-0.05, 0) is 23.6 Å². The Kier molecular flexibility index (Phi) is 5.05. The maximum Gasteiger partial charge on any atom is 0.358 e. The molecule has 0 aliphatic carbocycles. The number of rotatable bonds is 5. The number of hydrogen-bond acceptors (Lipinski definition) is 7. The molecule has 3 aromatic rings. The van der Waals surface area contributed by atoms with Crippen molar-refractivity contribution in [2.45, 2.75) is 0 Å². The fourth-order valence-corrected chi connectivity index (χ4v) is 3.61. The molecule has 0 radical (unpaired) electrons. The first-order chi connectivity index (χ1) is 12.0. The van der Waals surface area contributed by atoms with Gasteiger partial charge in [0.25, 0.3) is 11.8 Å². The first-order valence-corrected chi connectivity index (χ1v) is 8.92. The molecule has 0 bridgehead atoms. The minimum Gasteiger partial charge on any atom is -0.451 e. The van der Waals surface area contributed by atoms with E-state index < -0.39 is 24.4 Å². The number of amides is 2. The van der Waals surface area contributed by atoms with Crippen LogP contribution in [0.2, 0.25) is 0 Å². The van der Waals surface area contributed by atoms with Crippen LogP contribution < -0.4 is 5.32 Å². The van der Waals surface area contributed by atoms with Crippen LogP contribution in [0.3, 0.4) is 0 Å². The quantitative estimate of drug-likeness (QED) is 0.691. The first-order valence-electron chi connectivity index (χ1n) is 7.16. The number of esters is 1. The molecule has 0 atom stereocenters. The number of imide groups is 1. The van der Waals surface area contributed by atoms with Crippen LogP contribution in [0.15, 0.2) is 41.2 Å². The molecule has 3 aromatic heterocycles. The van der Waals surface area contributed by atoms with Crippen LogP contribution in [0, 0.1) is 0 Å². The van der Waals surface area contributed by atoms with Gasteiger partial charge in [-0.15, -0.1) is 22.7 Å². The summed E-state index contributed by atoms with van der Waals surface area (Å²) in [7, 11) is 1.69. The Morgan fingerprint density at radius 2 is 2.08 bits per heavy atom. The van der Waals surface area contributed by atoms with Gasteiger partial charge in [-0.2, -0.15) is 0 Å². The van der Waals surface area contributed by atoms with Gasteiger partial charge >= 0.3 is 5.97 Å². The summed E-state index contributed by atoms with van der Waals surface area (Å²) in [5.41, 5.74) is 0.467. The zero-order chi connectivity index (χ0) is 17.8. The van der Waals surface area contributed by atoms with Gasteiger partial charge in [0.1, 0.15) is 10.7 Å². The fraction of sp³-hybridized carbons (Fsp3) is 0.125. The van der Waals surface area contributed by atoms with Gasteiger partial charge in [0, 0.05) is 18.6 Å². The van der Waals surface area contributed by atoms with Crippen molar-refractivity contribution in [1.29, 1.82) is 0 Å². The van der Waals surface area contributed by atoms with Crippen molar-refractivity contribution in [3.05, 3.63) is 52.6 Å². The van der Waals surface area contributed by atoms with E-state index in [1.54, 1.807) is 35.3 Å². The van der Waals surface area contributed by atoms with Crippen molar-refractivity contribution in [3.63, 3.8) is 0 Å². The molecule has 0 fully saturated rings. The highest BCUT2D eigenvalue weighted by atomic mass is 32.1. The van der Waals surface area contributed by atoms with Crippen molar-refractivity contribution >= 4 is 40.5 Å². The number of thiazole rings is 1. The van der Waals surface area contributed by atoms with Crippen LogP contribution in [-0.4, -0.2) is 33.9 Å². The van der Waals surface area contributed by atoms with Crippen molar-refractivity contribution in [1.82, 2.24) is 14.9 Å². The minimum absolute atomic E-state index is 0.134. The lowest BCUT2D eigenvalue weighted by atomic mass is 10.4. The number of nitrogens with zero attached hydrogens (tertiary/aromatic N) is 2. The van der Waals surface area contributed by atoms with E-state index in [2.05, 4.69) is 10.3 Å². The number of carbonyl (C=O) groups is 3. The van der Waals surface area contributed by atoms with E-state index in [4.69, 9.17) is 4.74 Å². The molecular weight excluding hydrogens is 362 g/mol. The summed E-state index contributed by atoms with van der Waals surface area (Å²) in [5, 5.41) is 6.37. The highest BCUT2D eigenvalue weighted by Crippen LogP contribution is 2.27. The number of aryl methyl sites for hydroxylation is 1. The summed E-state index contributed by atoms with van der Waals surface area (Å²) < 4.78 is 6.49. The third-order valence-corrected chi connectivity index (χ3v) is 5.09. The van der Waals surface area contributed by atoms with Gasteiger partial charge in [0.05, 0.1) is 4.88 Å².